The van der Waals surface area contributed by atoms with Gasteiger partial charge in [-0.1, -0.05) is 0 Å². The van der Waals surface area contributed by atoms with Crippen LogP contribution in [-0.4, -0.2) is 35.8 Å². The van der Waals surface area contributed by atoms with E-state index < -0.39 is 38.3 Å². The van der Waals surface area contributed by atoms with E-state index in [-0.39, 0.29) is 24.3 Å². The molecule has 0 radical (unpaired) electrons. The van der Waals surface area contributed by atoms with E-state index in [9.17, 15) is 26.4 Å². The summed E-state index contributed by atoms with van der Waals surface area (Å²) in [5, 5.41) is 11.7. The highest BCUT2D eigenvalue weighted by Crippen LogP contribution is 2.38. The Hall–Kier alpha value is -3.55. The van der Waals surface area contributed by atoms with Gasteiger partial charge in [0.2, 0.25) is 15.2 Å². The van der Waals surface area contributed by atoms with E-state index in [1.165, 1.54) is 23.5 Å². The number of ether oxygens (including phenoxy) is 1. The number of halogens is 3. The lowest BCUT2D eigenvalue weighted by molar-refractivity contribution is 0.0520. The fourth-order valence-electron chi connectivity index (χ4n) is 4.32. The summed E-state index contributed by atoms with van der Waals surface area (Å²) in [7, 11) is -4.61. The van der Waals surface area contributed by atoms with Crippen LogP contribution in [0.4, 0.5) is 13.2 Å². The molecule has 1 aliphatic carbocycles. The third kappa shape index (κ3) is 5.75. The van der Waals surface area contributed by atoms with Gasteiger partial charge in [-0.15, -0.1) is 11.3 Å². The van der Waals surface area contributed by atoms with Gasteiger partial charge in [-0.2, -0.15) is 5.10 Å². The van der Waals surface area contributed by atoms with Gasteiger partial charge in [0.1, 0.15) is 17.5 Å². The van der Waals surface area contributed by atoms with Crippen molar-refractivity contribution in [3.63, 3.8) is 0 Å². The molecule has 2 aromatic heterocycles. The lowest BCUT2D eigenvalue weighted by Gasteiger charge is -2.10. The molecular formula is C26H23F3N4O4S2. The second-order valence-corrected chi connectivity index (χ2v) is 11.5. The number of nitrogens with two attached hydrogens (primary N) is 1. The van der Waals surface area contributed by atoms with E-state index in [0.29, 0.717) is 34.3 Å². The Bertz CT molecular complexity index is 1640. The minimum absolute atomic E-state index is 0.0103. The Labute approximate surface area is 226 Å². The Morgan fingerprint density at radius 3 is 2.41 bits per heavy atom. The van der Waals surface area contributed by atoms with Crippen molar-refractivity contribution in [3.05, 3.63) is 81.7 Å². The first kappa shape index (κ1) is 27.0. The van der Waals surface area contributed by atoms with Crippen LogP contribution in [-0.2, 0) is 27.6 Å². The van der Waals surface area contributed by atoms with E-state index in [2.05, 4.69) is 4.98 Å². The summed E-state index contributed by atoms with van der Waals surface area (Å²) in [5.41, 5.74) is 2.61. The van der Waals surface area contributed by atoms with Crippen LogP contribution in [0.15, 0.2) is 46.7 Å². The maximum absolute atomic E-state index is 14.7. The molecule has 204 valence electrons. The highest BCUT2D eigenvalue weighted by Gasteiger charge is 2.30. The van der Waals surface area contributed by atoms with E-state index in [4.69, 9.17) is 15.0 Å². The minimum atomic E-state index is -4.61. The first-order valence-corrected chi connectivity index (χ1v) is 14.5. The molecule has 1 fully saturated rings. The Morgan fingerprint density at radius 1 is 1.15 bits per heavy atom. The molecule has 2 aromatic carbocycles. The highest BCUT2D eigenvalue weighted by molar-refractivity contribution is 7.89. The summed E-state index contributed by atoms with van der Waals surface area (Å²) >= 11 is 1.18. The summed E-state index contributed by atoms with van der Waals surface area (Å²) in [6, 6.07) is 7.50. The smallest absolute Gasteiger partial charge is 0.357 e. The van der Waals surface area contributed by atoms with Crippen LogP contribution < -0.4 is 5.14 Å². The van der Waals surface area contributed by atoms with E-state index >= 15 is 0 Å². The number of benzene rings is 2. The van der Waals surface area contributed by atoms with Crippen molar-refractivity contribution >= 4 is 27.3 Å². The quantitative estimate of drug-likeness (QED) is 0.287. The van der Waals surface area contributed by atoms with Gasteiger partial charge in [0.05, 0.1) is 18.0 Å². The van der Waals surface area contributed by atoms with E-state index in [1.807, 2.05) is 0 Å². The Kier molecular flexibility index (Phi) is 7.31. The number of esters is 1. The Balaban J connectivity index is 1.66. The maximum Gasteiger partial charge on any atom is 0.357 e. The number of carbonyl (C=O) groups is 1. The highest BCUT2D eigenvalue weighted by atomic mass is 32.2. The summed E-state index contributed by atoms with van der Waals surface area (Å²) in [4.78, 5) is 15.4. The van der Waals surface area contributed by atoms with Gasteiger partial charge in [-0.25, -0.2) is 41.2 Å². The molecule has 0 saturated heterocycles. The molecular weight excluding hydrogens is 553 g/mol. The fraction of sp³-hybridized carbons (Fsp3) is 0.269. The number of nitrogens with zero attached hydrogens (tertiary/aromatic N) is 3. The molecule has 0 unspecified atom stereocenters. The van der Waals surface area contributed by atoms with Gasteiger partial charge in [-0.05, 0) is 74.1 Å². The zero-order valence-electron chi connectivity index (χ0n) is 20.7. The van der Waals surface area contributed by atoms with Crippen molar-refractivity contribution in [2.24, 2.45) is 11.1 Å². The van der Waals surface area contributed by atoms with Gasteiger partial charge >= 0.3 is 5.97 Å². The zero-order chi connectivity index (χ0) is 27.9. The predicted molar refractivity (Wildman–Crippen MR) is 138 cm³/mol. The van der Waals surface area contributed by atoms with Gasteiger partial charge in [0.15, 0.2) is 10.6 Å². The third-order valence-corrected chi connectivity index (χ3v) is 8.04. The molecule has 0 spiro atoms. The van der Waals surface area contributed by atoms with Crippen molar-refractivity contribution in [1.29, 1.82) is 0 Å². The molecule has 0 atom stereocenters. The molecule has 13 heteroatoms. The molecule has 5 rings (SSSR count). The topological polar surface area (TPSA) is 117 Å². The first-order valence-electron chi connectivity index (χ1n) is 12.1. The van der Waals surface area contributed by atoms with Crippen molar-refractivity contribution in [1.82, 2.24) is 14.8 Å². The molecule has 2 N–H and O–H groups in total. The minimum Gasteiger partial charge on any atom is -0.461 e. The lowest BCUT2D eigenvalue weighted by atomic mass is 9.97. The summed E-state index contributed by atoms with van der Waals surface area (Å²) in [5.74, 6) is -3.25. The summed E-state index contributed by atoms with van der Waals surface area (Å²) in [6.45, 7) is 1.88. The molecule has 0 amide bonds. The number of thiazole rings is 1. The zero-order valence-corrected chi connectivity index (χ0v) is 22.3. The molecule has 0 bridgehead atoms. The van der Waals surface area contributed by atoms with Crippen molar-refractivity contribution in [2.75, 3.05) is 6.61 Å². The molecule has 2 heterocycles. The number of sulfonamides is 1. The monoisotopic (exact) mass is 576 g/mol. The summed E-state index contributed by atoms with van der Waals surface area (Å²) in [6.07, 6.45) is 2.56. The van der Waals surface area contributed by atoms with Gasteiger partial charge in [-0.3, -0.25) is 0 Å². The van der Waals surface area contributed by atoms with Crippen LogP contribution in [0.2, 0.25) is 0 Å². The second kappa shape index (κ2) is 10.5. The molecule has 0 aliphatic heterocycles. The van der Waals surface area contributed by atoms with Crippen LogP contribution in [0.1, 0.15) is 47.1 Å². The number of primary sulfonamides is 1. The van der Waals surface area contributed by atoms with Crippen molar-refractivity contribution in [3.8, 4) is 16.4 Å². The van der Waals surface area contributed by atoms with Crippen LogP contribution in [0.3, 0.4) is 0 Å². The SMILES string of the molecule is CCOC(=O)c1csc(-n2nc(-c3ccc(F)cc3)c(Cc3cc(F)c(S(N)(=O)=O)c(F)c3)c2CC2CC2)n1. The fourth-order valence-corrected chi connectivity index (χ4v) is 5.75. The normalized spacial score (nSPS) is 13.6. The van der Waals surface area contributed by atoms with E-state index in [0.717, 1.165) is 30.7 Å². The average Bonchev–Trinajstić information content (AvgIpc) is 3.42. The van der Waals surface area contributed by atoms with Crippen LogP contribution in [0.5, 0.6) is 0 Å². The third-order valence-electron chi connectivity index (χ3n) is 6.27. The van der Waals surface area contributed by atoms with Crippen LogP contribution >= 0.6 is 11.3 Å². The Morgan fingerprint density at radius 2 is 1.82 bits per heavy atom. The molecule has 39 heavy (non-hydrogen) atoms. The van der Waals surface area contributed by atoms with Crippen LogP contribution in [0.25, 0.3) is 16.4 Å². The largest absolute Gasteiger partial charge is 0.461 e. The number of hydrogen-bond donors (Lipinski definition) is 1. The lowest BCUT2D eigenvalue weighted by Crippen LogP contribution is -2.16. The molecule has 1 aliphatic rings. The second-order valence-electron chi connectivity index (χ2n) is 9.19. The van der Waals surface area contributed by atoms with Gasteiger partial charge < -0.3 is 4.74 Å². The van der Waals surface area contributed by atoms with Gasteiger partial charge in [0, 0.05) is 22.9 Å². The van der Waals surface area contributed by atoms with Gasteiger partial charge in [0.25, 0.3) is 0 Å². The standard InChI is InChI=1S/C26H23F3N4O4S2/c1-2-37-25(34)21-13-38-26(31-21)33-22(12-14-3-4-14)18(23(32-33)16-5-7-17(27)8-6-16)9-15-10-19(28)24(20(29)11-15)39(30,35)36/h5-8,10-11,13-14H,2-4,9,12H2,1H3,(H2,30,35,36). The number of rotatable bonds is 9. The number of carbonyl (C=O) groups excluding carboxylic acids is 1. The molecule has 8 nitrogen and oxygen atoms in total. The summed E-state index contributed by atoms with van der Waals surface area (Å²) < 4.78 is 73.1. The number of aromatic nitrogens is 3. The van der Waals surface area contributed by atoms with E-state index in [1.54, 1.807) is 29.1 Å². The first-order chi connectivity index (χ1) is 18.5. The average molecular weight is 577 g/mol. The number of hydrogen-bond acceptors (Lipinski definition) is 7. The molecule has 4 aromatic rings. The predicted octanol–water partition coefficient (Wildman–Crippen LogP) is 4.78. The molecule has 1 saturated carbocycles. The van der Waals surface area contributed by atoms with Crippen molar-refractivity contribution in [2.45, 2.75) is 37.5 Å². The van der Waals surface area contributed by atoms with Crippen LogP contribution in [0, 0.1) is 23.4 Å². The maximum atomic E-state index is 14.7. The van der Waals surface area contributed by atoms with Crippen molar-refractivity contribution < 1.29 is 31.1 Å².